The topological polar surface area (TPSA) is 17.8 Å². The summed E-state index contributed by atoms with van der Waals surface area (Å²) in [6.45, 7) is 3.39. The molecule has 0 fully saturated rings. The molecule has 2 heterocycles. The zero-order valence-corrected chi connectivity index (χ0v) is 10.6. The normalized spacial score (nSPS) is 19.1. The van der Waals surface area contributed by atoms with E-state index >= 15 is 0 Å². The minimum Gasteiger partial charge on any atom is -0.334 e. The summed E-state index contributed by atoms with van der Waals surface area (Å²) in [7, 11) is 0. The summed E-state index contributed by atoms with van der Waals surface area (Å²) in [6.07, 6.45) is 4.50. The van der Waals surface area contributed by atoms with Crippen molar-refractivity contribution in [1.29, 1.82) is 0 Å². The van der Waals surface area contributed by atoms with E-state index in [0.29, 0.717) is 0 Å². The zero-order chi connectivity index (χ0) is 11.8. The van der Waals surface area contributed by atoms with E-state index in [1.807, 2.05) is 24.3 Å². The number of halogens is 1. The van der Waals surface area contributed by atoms with Gasteiger partial charge in [0.25, 0.3) is 0 Å². The van der Waals surface area contributed by atoms with Crippen LogP contribution >= 0.6 is 11.6 Å². The third-order valence-corrected chi connectivity index (χ3v) is 3.62. The van der Waals surface area contributed by atoms with Gasteiger partial charge in [-0.25, -0.2) is 4.98 Å². The van der Waals surface area contributed by atoms with Crippen molar-refractivity contribution < 1.29 is 0 Å². The summed E-state index contributed by atoms with van der Waals surface area (Å²) in [5.41, 5.74) is 2.20. The lowest BCUT2D eigenvalue weighted by Gasteiger charge is -2.19. The Bertz CT molecular complexity index is 528. The molecule has 2 nitrogen and oxygen atoms in total. The number of imidazole rings is 1. The highest BCUT2D eigenvalue weighted by molar-refractivity contribution is 6.30. The second-order valence-corrected chi connectivity index (χ2v) is 5.28. The maximum Gasteiger partial charge on any atom is 0.109 e. The van der Waals surface area contributed by atoms with Crippen LogP contribution in [-0.2, 0) is 13.0 Å². The highest BCUT2D eigenvalue weighted by atomic mass is 35.5. The predicted molar refractivity (Wildman–Crippen MR) is 70.2 cm³/mol. The van der Waals surface area contributed by atoms with Crippen molar-refractivity contribution in [3.05, 3.63) is 41.3 Å². The van der Waals surface area contributed by atoms with Crippen LogP contribution in [0, 0.1) is 5.92 Å². The smallest absolute Gasteiger partial charge is 0.109 e. The summed E-state index contributed by atoms with van der Waals surface area (Å²) in [5, 5.41) is 0.770. The molecule has 1 aliphatic rings. The number of benzene rings is 1. The lowest BCUT2D eigenvalue weighted by Crippen LogP contribution is -2.17. The van der Waals surface area contributed by atoms with E-state index < -0.39 is 0 Å². The third kappa shape index (κ3) is 2.09. The van der Waals surface area contributed by atoms with Gasteiger partial charge < -0.3 is 4.57 Å². The lowest BCUT2D eigenvalue weighted by atomic mass is 10.0. The first-order valence-corrected chi connectivity index (χ1v) is 6.42. The van der Waals surface area contributed by atoms with Crippen LogP contribution in [0.15, 0.2) is 30.5 Å². The van der Waals surface area contributed by atoms with E-state index in [1.54, 1.807) is 0 Å². The van der Waals surface area contributed by atoms with Gasteiger partial charge in [0.15, 0.2) is 0 Å². The maximum atomic E-state index is 5.89. The highest BCUT2D eigenvalue weighted by Gasteiger charge is 2.17. The highest BCUT2D eigenvalue weighted by Crippen LogP contribution is 2.25. The summed E-state index contributed by atoms with van der Waals surface area (Å²) in [4.78, 5) is 4.71. The second kappa shape index (κ2) is 4.19. The average Bonchev–Trinajstić information content (AvgIpc) is 2.72. The Hall–Kier alpha value is -1.28. The SMILES string of the molecule is C[C@@H]1CCc2nc(-c3ccc(Cl)cc3)cn2C1. The molecule has 1 aromatic carbocycles. The molecule has 1 aliphatic heterocycles. The molecule has 88 valence electrons. The summed E-state index contributed by atoms with van der Waals surface area (Å²) in [5.74, 6) is 1.97. The van der Waals surface area contributed by atoms with Crippen LogP contribution in [0.4, 0.5) is 0 Å². The second-order valence-electron chi connectivity index (χ2n) is 4.85. The molecule has 0 aliphatic carbocycles. The van der Waals surface area contributed by atoms with Crippen LogP contribution in [0.5, 0.6) is 0 Å². The molecule has 0 spiro atoms. The first-order valence-electron chi connectivity index (χ1n) is 6.04. The van der Waals surface area contributed by atoms with E-state index in [4.69, 9.17) is 16.6 Å². The number of aryl methyl sites for hydroxylation is 1. The monoisotopic (exact) mass is 246 g/mol. The standard InChI is InChI=1S/C14H15ClN2/c1-10-2-7-14-16-13(9-17(14)8-10)11-3-5-12(15)6-4-11/h3-6,9-10H,2,7-8H2,1H3/t10-/m1/s1. The Kier molecular flexibility index (Phi) is 2.67. The fourth-order valence-corrected chi connectivity index (χ4v) is 2.50. The van der Waals surface area contributed by atoms with Crippen molar-refractivity contribution in [3.63, 3.8) is 0 Å². The molecule has 3 heteroatoms. The van der Waals surface area contributed by atoms with Gasteiger partial charge in [-0.15, -0.1) is 0 Å². The van der Waals surface area contributed by atoms with Crippen LogP contribution in [0.25, 0.3) is 11.3 Å². The minimum atomic E-state index is 0.759. The molecule has 3 rings (SSSR count). The van der Waals surface area contributed by atoms with Crippen LogP contribution in [0.2, 0.25) is 5.02 Å². The van der Waals surface area contributed by atoms with Crippen molar-refractivity contribution in [2.75, 3.05) is 0 Å². The molecule has 2 aromatic rings. The summed E-state index contributed by atoms with van der Waals surface area (Å²) in [6, 6.07) is 7.88. The van der Waals surface area contributed by atoms with Crippen molar-refractivity contribution in [1.82, 2.24) is 9.55 Å². The summed E-state index contributed by atoms with van der Waals surface area (Å²) >= 11 is 5.89. The molecule has 0 N–H and O–H groups in total. The average molecular weight is 247 g/mol. The predicted octanol–water partition coefficient (Wildman–Crippen LogP) is 3.79. The van der Waals surface area contributed by atoms with Gasteiger partial charge in [0.2, 0.25) is 0 Å². The Labute approximate surface area is 106 Å². The Morgan fingerprint density at radius 3 is 2.82 bits per heavy atom. The first kappa shape index (κ1) is 10.8. The molecule has 0 bridgehead atoms. The molecule has 0 saturated heterocycles. The number of rotatable bonds is 1. The van der Waals surface area contributed by atoms with Crippen LogP contribution in [0.1, 0.15) is 19.2 Å². The number of hydrogen-bond acceptors (Lipinski definition) is 1. The van der Waals surface area contributed by atoms with Gasteiger partial charge in [-0.05, 0) is 24.5 Å². The van der Waals surface area contributed by atoms with Gasteiger partial charge in [0.05, 0.1) is 5.69 Å². The van der Waals surface area contributed by atoms with E-state index in [1.165, 1.54) is 12.2 Å². The van der Waals surface area contributed by atoms with E-state index in [9.17, 15) is 0 Å². The Balaban J connectivity index is 1.97. The van der Waals surface area contributed by atoms with Gasteiger partial charge >= 0.3 is 0 Å². The fourth-order valence-electron chi connectivity index (χ4n) is 2.37. The molecule has 0 radical (unpaired) electrons. The van der Waals surface area contributed by atoms with Crippen LogP contribution in [0.3, 0.4) is 0 Å². The number of hydrogen-bond donors (Lipinski definition) is 0. The van der Waals surface area contributed by atoms with E-state index in [0.717, 1.165) is 35.2 Å². The third-order valence-electron chi connectivity index (χ3n) is 3.37. The van der Waals surface area contributed by atoms with Gasteiger partial charge in [0.1, 0.15) is 5.82 Å². The van der Waals surface area contributed by atoms with Crippen molar-refractivity contribution in [2.45, 2.75) is 26.3 Å². The van der Waals surface area contributed by atoms with Gasteiger partial charge in [-0.3, -0.25) is 0 Å². The molecule has 0 amide bonds. The van der Waals surface area contributed by atoms with Gasteiger partial charge in [-0.2, -0.15) is 0 Å². The molecule has 1 atom stereocenters. The van der Waals surface area contributed by atoms with Crippen molar-refractivity contribution in [2.24, 2.45) is 5.92 Å². The molecular weight excluding hydrogens is 232 g/mol. The molecule has 0 saturated carbocycles. The largest absolute Gasteiger partial charge is 0.334 e. The van der Waals surface area contributed by atoms with Gasteiger partial charge in [-0.1, -0.05) is 30.7 Å². The minimum absolute atomic E-state index is 0.759. The zero-order valence-electron chi connectivity index (χ0n) is 9.86. The number of nitrogens with zero attached hydrogens (tertiary/aromatic N) is 2. The lowest BCUT2D eigenvalue weighted by molar-refractivity contribution is 0.394. The van der Waals surface area contributed by atoms with Crippen molar-refractivity contribution >= 4 is 11.6 Å². The fraction of sp³-hybridized carbons (Fsp3) is 0.357. The number of aromatic nitrogens is 2. The van der Waals surface area contributed by atoms with E-state index in [-0.39, 0.29) is 0 Å². The first-order chi connectivity index (χ1) is 8.22. The molecule has 1 aromatic heterocycles. The quantitative estimate of drug-likeness (QED) is 0.749. The Morgan fingerprint density at radius 1 is 1.29 bits per heavy atom. The number of fused-ring (bicyclic) bond motifs is 1. The molecule has 17 heavy (non-hydrogen) atoms. The van der Waals surface area contributed by atoms with Gasteiger partial charge in [0, 0.05) is 29.7 Å². The maximum absolute atomic E-state index is 5.89. The van der Waals surface area contributed by atoms with Crippen LogP contribution in [-0.4, -0.2) is 9.55 Å². The van der Waals surface area contributed by atoms with Crippen molar-refractivity contribution in [3.8, 4) is 11.3 Å². The molecular formula is C14H15ClN2. The summed E-state index contributed by atoms with van der Waals surface area (Å²) < 4.78 is 2.29. The molecule has 0 unspecified atom stereocenters. The Morgan fingerprint density at radius 2 is 2.06 bits per heavy atom. The van der Waals surface area contributed by atoms with Crippen LogP contribution < -0.4 is 0 Å². The van der Waals surface area contributed by atoms with E-state index in [2.05, 4.69) is 17.7 Å².